The van der Waals surface area contributed by atoms with Crippen LogP contribution in [0.25, 0.3) is 0 Å². The summed E-state index contributed by atoms with van der Waals surface area (Å²) in [5.74, 6) is 1.44. The maximum absolute atomic E-state index is 12.8. The molecule has 0 saturated heterocycles. The molecule has 3 aromatic rings. The molecular formula is C21H19FN2O3. The van der Waals surface area contributed by atoms with Crippen molar-refractivity contribution in [1.82, 2.24) is 5.32 Å². The molecule has 3 rings (SSSR count). The van der Waals surface area contributed by atoms with E-state index in [-0.39, 0.29) is 18.5 Å². The molecule has 2 N–H and O–H groups in total. The van der Waals surface area contributed by atoms with Crippen LogP contribution >= 0.6 is 0 Å². The molecule has 0 fully saturated rings. The van der Waals surface area contributed by atoms with Crippen LogP contribution in [0.2, 0.25) is 0 Å². The molecule has 0 unspecified atom stereocenters. The van der Waals surface area contributed by atoms with Gasteiger partial charge in [-0.05, 0) is 48.5 Å². The van der Waals surface area contributed by atoms with Gasteiger partial charge in [-0.25, -0.2) is 9.18 Å². The number of para-hydroxylation sites is 3. The molecule has 0 bridgehead atoms. The van der Waals surface area contributed by atoms with Crippen molar-refractivity contribution < 1.29 is 18.7 Å². The number of anilines is 1. The molecule has 3 aromatic carbocycles. The number of benzene rings is 3. The molecule has 138 valence electrons. The summed E-state index contributed by atoms with van der Waals surface area (Å²) < 4.78 is 24.1. The second-order valence-electron chi connectivity index (χ2n) is 5.59. The standard InChI is InChI=1S/C21H19FN2O3/c22-16-10-12-17(13-11-16)26-15-14-23-21(25)24-19-8-4-5-9-20(19)27-18-6-2-1-3-7-18/h1-13H,14-15H2,(H2,23,24,25). The van der Waals surface area contributed by atoms with E-state index in [4.69, 9.17) is 9.47 Å². The van der Waals surface area contributed by atoms with Crippen molar-refractivity contribution in [3.05, 3.63) is 84.7 Å². The predicted octanol–water partition coefficient (Wildman–Crippen LogP) is 4.82. The van der Waals surface area contributed by atoms with Gasteiger partial charge in [0.15, 0.2) is 5.75 Å². The Balaban J connectivity index is 1.48. The van der Waals surface area contributed by atoms with Crippen molar-refractivity contribution in [1.29, 1.82) is 0 Å². The van der Waals surface area contributed by atoms with Gasteiger partial charge in [-0.15, -0.1) is 0 Å². The van der Waals surface area contributed by atoms with Crippen LogP contribution in [0.5, 0.6) is 17.2 Å². The summed E-state index contributed by atoms with van der Waals surface area (Å²) in [5, 5.41) is 5.46. The number of ether oxygens (including phenoxy) is 2. The van der Waals surface area contributed by atoms with E-state index in [1.165, 1.54) is 24.3 Å². The molecule has 0 saturated carbocycles. The topological polar surface area (TPSA) is 59.6 Å². The summed E-state index contributed by atoms with van der Waals surface area (Å²) in [6, 6.07) is 21.8. The largest absolute Gasteiger partial charge is 0.492 e. The minimum Gasteiger partial charge on any atom is -0.492 e. The number of nitrogens with one attached hydrogen (secondary N) is 2. The molecule has 0 radical (unpaired) electrons. The lowest BCUT2D eigenvalue weighted by Gasteiger charge is -2.13. The number of urea groups is 1. The number of carbonyl (C=O) groups excluding carboxylic acids is 1. The first-order chi connectivity index (χ1) is 13.2. The highest BCUT2D eigenvalue weighted by molar-refractivity contribution is 5.90. The molecule has 27 heavy (non-hydrogen) atoms. The first kappa shape index (κ1) is 18.3. The lowest BCUT2D eigenvalue weighted by atomic mass is 10.3. The minimum absolute atomic E-state index is 0.265. The van der Waals surface area contributed by atoms with Crippen molar-refractivity contribution in [2.75, 3.05) is 18.5 Å². The molecule has 0 heterocycles. The molecule has 0 aliphatic rings. The maximum atomic E-state index is 12.8. The Morgan fingerprint density at radius 1 is 0.852 bits per heavy atom. The minimum atomic E-state index is -0.373. The Bertz CT molecular complexity index is 870. The highest BCUT2D eigenvalue weighted by Crippen LogP contribution is 2.28. The van der Waals surface area contributed by atoms with Gasteiger partial charge in [0.05, 0.1) is 12.2 Å². The van der Waals surface area contributed by atoms with Crippen LogP contribution in [0.3, 0.4) is 0 Å². The molecule has 0 aromatic heterocycles. The van der Waals surface area contributed by atoms with Crippen LogP contribution in [-0.2, 0) is 0 Å². The van der Waals surface area contributed by atoms with E-state index in [0.29, 0.717) is 29.5 Å². The van der Waals surface area contributed by atoms with Crippen molar-refractivity contribution in [3.63, 3.8) is 0 Å². The lowest BCUT2D eigenvalue weighted by molar-refractivity contribution is 0.247. The van der Waals surface area contributed by atoms with E-state index < -0.39 is 0 Å². The molecule has 0 atom stereocenters. The first-order valence-corrected chi connectivity index (χ1v) is 8.46. The summed E-state index contributed by atoms with van der Waals surface area (Å²) >= 11 is 0. The highest BCUT2D eigenvalue weighted by Gasteiger charge is 2.08. The van der Waals surface area contributed by atoms with Crippen LogP contribution in [0.4, 0.5) is 14.9 Å². The zero-order chi connectivity index (χ0) is 18.9. The van der Waals surface area contributed by atoms with Crippen LogP contribution in [0, 0.1) is 5.82 Å². The van der Waals surface area contributed by atoms with Gasteiger partial charge in [-0.1, -0.05) is 30.3 Å². The maximum Gasteiger partial charge on any atom is 0.319 e. The third-order valence-corrected chi connectivity index (χ3v) is 3.58. The SMILES string of the molecule is O=C(NCCOc1ccc(F)cc1)Nc1ccccc1Oc1ccccc1. The predicted molar refractivity (Wildman–Crippen MR) is 102 cm³/mol. The van der Waals surface area contributed by atoms with Crippen molar-refractivity contribution in [2.24, 2.45) is 0 Å². The van der Waals surface area contributed by atoms with E-state index in [9.17, 15) is 9.18 Å². The smallest absolute Gasteiger partial charge is 0.319 e. The van der Waals surface area contributed by atoms with Crippen LogP contribution < -0.4 is 20.1 Å². The first-order valence-electron chi connectivity index (χ1n) is 8.46. The van der Waals surface area contributed by atoms with Crippen LogP contribution in [0.15, 0.2) is 78.9 Å². The Kier molecular flexibility index (Phi) is 6.25. The molecule has 0 aliphatic carbocycles. The van der Waals surface area contributed by atoms with Gasteiger partial charge < -0.3 is 20.1 Å². The van der Waals surface area contributed by atoms with E-state index in [1.807, 2.05) is 42.5 Å². The van der Waals surface area contributed by atoms with Gasteiger partial charge in [-0.2, -0.15) is 0 Å². The van der Waals surface area contributed by atoms with Crippen LogP contribution in [0.1, 0.15) is 0 Å². The fourth-order valence-electron chi connectivity index (χ4n) is 2.31. The van der Waals surface area contributed by atoms with Crippen LogP contribution in [-0.4, -0.2) is 19.2 Å². The summed E-state index contributed by atoms with van der Waals surface area (Å²) in [5.41, 5.74) is 0.554. The Morgan fingerprint density at radius 3 is 2.33 bits per heavy atom. The third kappa shape index (κ3) is 5.74. The quantitative estimate of drug-likeness (QED) is 0.590. The van der Waals surface area contributed by atoms with E-state index in [0.717, 1.165) is 0 Å². The average molecular weight is 366 g/mol. The van der Waals surface area contributed by atoms with Crippen molar-refractivity contribution in [3.8, 4) is 17.2 Å². The second kappa shape index (κ2) is 9.24. The van der Waals surface area contributed by atoms with Gasteiger partial charge in [0.1, 0.15) is 23.9 Å². The van der Waals surface area contributed by atoms with Crippen molar-refractivity contribution >= 4 is 11.7 Å². The highest BCUT2D eigenvalue weighted by atomic mass is 19.1. The molecule has 6 heteroatoms. The molecule has 0 spiro atoms. The van der Waals surface area contributed by atoms with Gasteiger partial charge >= 0.3 is 6.03 Å². The number of hydrogen-bond acceptors (Lipinski definition) is 3. The molecule has 2 amide bonds. The molecular weight excluding hydrogens is 347 g/mol. The summed E-state index contributed by atoms with van der Waals surface area (Å²) in [6.07, 6.45) is 0. The summed E-state index contributed by atoms with van der Waals surface area (Å²) in [7, 11) is 0. The fraction of sp³-hybridized carbons (Fsp3) is 0.0952. The third-order valence-electron chi connectivity index (χ3n) is 3.58. The van der Waals surface area contributed by atoms with Crippen molar-refractivity contribution in [2.45, 2.75) is 0 Å². The zero-order valence-electron chi connectivity index (χ0n) is 14.5. The zero-order valence-corrected chi connectivity index (χ0v) is 14.5. The normalized spacial score (nSPS) is 10.1. The number of carbonyl (C=O) groups is 1. The number of amides is 2. The lowest BCUT2D eigenvalue weighted by Crippen LogP contribution is -2.32. The number of hydrogen-bond donors (Lipinski definition) is 2. The van der Waals surface area contributed by atoms with E-state index >= 15 is 0 Å². The Morgan fingerprint density at radius 2 is 1.56 bits per heavy atom. The second-order valence-corrected chi connectivity index (χ2v) is 5.59. The van der Waals surface area contributed by atoms with E-state index in [2.05, 4.69) is 10.6 Å². The van der Waals surface area contributed by atoms with Gasteiger partial charge in [-0.3, -0.25) is 0 Å². The summed E-state index contributed by atoms with van der Waals surface area (Å²) in [6.45, 7) is 0.562. The van der Waals surface area contributed by atoms with E-state index in [1.54, 1.807) is 12.1 Å². The fourth-order valence-corrected chi connectivity index (χ4v) is 2.31. The molecule has 0 aliphatic heterocycles. The van der Waals surface area contributed by atoms with Gasteiger partial charge in [0, 0.05) is 0 Å². The average Bonchev–Trinajstić information content (AvgIpc) is 2.69. The Labute approximate surface area is 156 Å². The monoisotopic (exact) mass is 366 g/mol. The van der Waals surface area contributed by atoms with Gasteiger partial charge in [0.2, 0.25) is 0 Å². The van der Waals surface area contributed by atoms with Gasteiger partial charge in [0.25, 0.3) is 0 Å². The molecule has 5 nitrogen and oxygen atoms in total. The number of halogens is 1. The summed E-state index contributed by atoms with van der Waals surface area (Å²) in [4.78, 5) is 12.1. The Hall–Kier alpha value is -3.54. The number of rotatable bonds is 7.